The number of nitrogens with one attached hydrogen (secondary N) is 1. The van der Waals surface area contributed by atoms with Crippen molar-refractivity contribution in [1.29, 1.82) is 0 Å². The summed E-state index contributed by atoms with van der Waals surface area (Å²) in [5.41, 5.74) is 5.38. The molecule has 2 rings (SSSR count). The van der Waals surface area contributed by atoms with Gasteiger partial charge >= 0.3 is 19.3 Å². The summed E-state index contributed by atoms with van der Waals surface area (Å²) in [6.07, 6.45) is -0.135. The fourth-order valence-corrected chi connectivity index (χ4v) is 2.22. The van der Waals surface area contributed by atoms with Crippen molar-refractivity contribution in [2.24, 2.45) is 0 Å². The molecule has 22 heavy (non-hydrogen) atoms. The summed E-state index contributed by atoms with van der Waals surface area (Å²) in [7, 11) is -4.26. The van der Waals surface area contributed by atoms with Crippen LogP contribution in [0, 0.1) is 0 Å². The van der Waals surface area contributed by atoms with Crippen molar-refractivity contribution in [1.82, 2.24) is 19.5 Å². The third-order valence-corrected chi connectivity index (χ3v) is 3.56. The number of imidazole rings is 1. The Morgan fingerprint density at radius 1 is 1.36 bits per heavy atom. The Morgan fingerprint density at radius 3 is 2.73 bits per heavy atom. The van der Waals surface area contributed by atoms with Gasteiger partial charge in [-0.2, -0.15) is 9.97 Å². The molecule has 0 aromatic carbocycles. The lowest BCUT2D eigenvalue weighted by molar-refractivity contribution is 0.225. The van der Waals surface area contributed by atoms with Gasteiger partial charge in [0.05, 0.1) is 12.8 Å². The van der Waals surface area contributed by atoms with Gasteiger partial charge in [-0.05, 0) is 0 Å². The molecule has 0 atom stereocenters. The van der Waals surface area contributed by atoms with Gasteiger partial charge in [-0.1, -0.05) is 0 Å². The first-order chi connectivity index (χ1) is 10.3. The standard InChI is InChI=1S/C10H16N5O6P/c11-7-6-8(14-9(13-7)21-4-1-3-16)15(10(17)12-6)2-5-22(18,19)20/h16H,1-5H2,(H,12,17)(H2,11,13,14)(H2,18,19,20). The number of hydrogen-bond acceptors (Lipinski definition) is 7. The Morgan fingerprint density at radius 2 is 2.09 bits per heavy atom. The Hall–Kier alpha value is -1.94. The van der Waals surface area contributed by atoms with E-state index in [0.717, 1.165) is 4.57 Å². The minimum absolute atomic E-state index is 0.0176. The molecule has 2 heterocycles. The molecule has 2 aromatic heterocycles. The first-order valence-electron chi connectivity index (χ1n) is 6.36. The van der Waals surface area contributed by atoms with Crippen LogP contribution in [0.1, 0.15) is 6.42 Å². The van der Waals surface area contributed by atoms with E-state index < -0.39 is 19.4 Å². The van der Waals surface area contributed by atoms with Gasteiger partial charge in [0.25, 0.3) is 0 Å². The second-order valence-corrected chi connectivity index (χ2v) is 6.26. The van der Waals surface area contributed by atoms with Gasteiger partial charge in [-0.3, -0.25) is 9.13 Å². The lowest BCUT2D eigenvalue weighted by Crippen LogP contribution is -2.19. The number of aromatic amines is 1. The molecule has 122 valence electrons. The maximum absolute atomic E-state index is 11.8. The fraction of sp³-hybridized carbons (Fsp3) is 0.500. The average Bonchev–Trinajstić information content (AvgIpc) is 2.73. The number of nitrogens with zero attached hydrogens (tertiary/aromatic N) is 3. The molecule has 6 N–H and O–H groups in total. The molecule has 0 aliphatic carbocycles. The summed E-state index contributed by atoms with van der Waals surface area (Å²) >= 11 is 0. The summed E-state index contributed by atoms with van der Waals surface area (Å²) in [4.78, 5) is 40.0. The first-order valence-corrected chi connectivity index (χ1v) is 8.16. The summed E-state index contributed by atoms with van der Waals surface area (Å²) in [6.45, 7) is -0.122. The van der Waals surface area contributed by atoms with E-state index >= 15 is 0 Å². The van der Waals surface area contributed by atoms with Crippen LogP contribution in [0.4, 0.5) is 5.82 Å². The van der Waals surface area contributed by atoms with Crippen molar-refractivity contribution in [2.45, 2.75) is 13.0 Å². The highest BCUT2D eigenvalue weighted by Crippen LogP contribution is 2.34. The quantitative estimate of drug-likeness (QED) is 0.302. The second-order valence-electron chi connectivity index (χ2n) is 4.49. The number of nitrogen functional groups attached to an aromatic ring is 1. The lowest BCUT2D eigenvalue weighted by Gasteiger charge is -2.07. The van der Waals surface area contributed by atoms with Gasteiger partial charge in [0.1, 0.15) is 5.52 Å². The van der Waals surface area contributed by atoms with E-state index in [9.17, 15) is 9.36 Å². The predicted octanol–water partition coefficient (Wildman–Crippen LogP) is -1.36. The number of nitrogens with two attached hydrogens (primary N) is 1. The van der Waals surface area contributed by atoms with Crippen LogP contribution in [0.15, 0.2) is 4.79 Å². The maximum atomic E-state index is 11.8. The molecule has 0 saturated heterocycles. The molecule has 0 radical (unpaired) electrons. The van der Waals surface area contributed by atoms with Crippen LogP contribution in [0.25, 0.3) is 11.2 Å². The van der Waals surface area contributed by atoms with Crippen LogP contribution < -0.4 is 16.2 Å². The van der Waals surface area contributed by atoms with Gasteiger partial charge in [0, 0.05) is 19.6 Å². The summed E-state index contributed by atoms with van der Waals surface area (Å²) in [5.74, 6) is -0.0176. The average molecular weight is 333 g/mol. The molecule has 0 fully saturated rings. The Labute approximate surface area is 123 Å². The molecule has 0 aliphatic rings. The van der Waals surface area contributed by atoms with E-state index in [1.165, 1.54) is 0 Å². The Kier molecular flexibility index (Phi) is 4.81. The van der Waals surface area contributed by atoms with Crippen LogP contribution >= 0.6 is 7.60 Å². The van der Waals surface area contributed by atoms with Crippen molar-refractivity contribution in [3.63, 3.8) is 0 Å². The first kappa shape index (κ1) is 16.4. The van der Waals surface area contributed by atoms with Crippen LogP contribution in [0.2, 0.25) is 0 Å². The molecule has 0 amide bonds. The Balaban J connectivity index is 2.37. The number of H-pyrrole nitrogens is 1. The van der Waals surface area contributed by atoms with Gasteiger partial charge in [-0.25, -0.2) is 4.79 Å². The van der Waals surface area contributed by atoms with E-state index in [0.29, 0.717) is 6.42 Å². The predicted molar refractivity (Wildman–Crippen MR) is 76.7 cm³/mol. The number of anilines is 1. The largest absolute Gasteiger partial charge is 0.463 e. The van der Waals surface area contributed by atoms with E-state index in [1.54, 1.807) is 0 Å². The number of hydrogen-bond donors (Lipinski definition) is 5. The number of fused-ring (bicyclic) bond motifs is 1. The minimum Gasteiger partial charge on any atom is -0.463 e. The molecule has 2 aromatic rings. The topological polar surface area (TPSA) is 177 Å². The normalized spacial score (nSPS) is 12.0. The minimum atomic E-state index is -4.26. The van der Waals surface area contributed by atoms with Crippen molar-refractivity contribution in [3.05, 3.63) is 10.5 Å². The lowest BCUT2D eigenvalue weighted by atomic mass is 10.5. The second kappa shape index (κ2) is 6.44. The molecular formula is C10H16N5O6P. The van der Waals surface area contributed by atoms with E-state index in [-0.39, 0.29) is 42.8 Å². The van der Waals surface area contributed by atoms with Gasteiger partial charge < -0.3 is 30.3 Å². The van der Waals surface area contributed by atoms with Crippen molar-refractivity contribution in [2.75, 3.05) is 25.1 Å². The molecule has 11 nitrogen and oxygen atoms in total. The summed E-state index contributed by atoms with van der Waals surface area (Å²) < 4.78 is 17.2. The zero-order valence-electron chi connectivity index (χ0n) is 11.5. The van der Waals surface area contributed by atoms with Crippen LogP contribution in [-0.4, -0.2) is 53.8 Å². The summed E-state index contributed by atoms with van der Waals surface area (Å²) in [6, 6.07) is -0.0811. The van der Waals surface area contributed by atoms with Crippen LogP contribution in [-0.2, 0) is 11.1 Å². The van der Waals surface area contributed by atoms with Crippen molar-refractivity contribution < 1.29 is 24.2 Å². The third-order valence-electron chi connectivity index (χ3n) is 2.78. The zero-order valence-corrected chi connectivity index (χ0v) is 12.4. The third kappa shape index (κ3) is 3.83. The highest BCUT2D eigenvalue weighted by atomic mass is 31.2. The van der Waals surface area contributed by atoms with Gasteiger partial charge in [0.15, 0.2) is 11.5 Å². The number of aliphatic hydroxyl groups is 1. The molecule has 12 heteroatoms. The highest BCUT2D eigenvalue weighted by molar-refractivity contribution is 7.51. The monoisotopic (exact) mass is 333 g/mol. The molecule has 0 saturated carbocycles. The highest BCUT2D eigenvalue weighted by Gasteiger charge is 2.18. The maximum Gasteiger partial charge on any atom is 0.327 e. The number of ether oxygens (including phenoxy) is 1. The van der Waals surface area contributed by atoms with Crippen LogP contribution in [0.5, 0.6) is 6.01 Å². The van der Waals surface area contributed by atoms with E-state index in [2.05, 4.69) is 15.0 Å². The van der Waals surface area contributed by atoms with E-state index in [1.807, 2.05) is 0 Å². The SMILES string of the molecule is Nc1nc(OCCCO)nc2c1[nH]c(=O)n2CCP(=O)(O)O. The van der Waals surface area contributed by atoms with Crippen molar-refractivity contribution >= 4 is 24.6 Å². The fourth-order valence-electron chi connectivity index (χ4n) is 1.76. The van der Waals surface area contributed by atoms with E-state index in [4.69, 9.17) is 25.4 Å². The molecular weight excluding hydrogens is 317 g/mol. The number of rotatable bonds is 7. The summed E-state index contributed by atoms with van der Waals surface area (Å²) in [5, 5.41) is 8.69. The number of aryl methyl sites for hydroxylation is 1. The smallest absolute Gasteiger partial charge is 0.327 e. The van der Waals surface area contributed by atoms with Gasteiger partial charge in [0.2, 0.25) is 0 Å². The van der Waals surface area contributed by atoms with Crippen molar-refractivity contribution in [3.8, 4) is 6.01 Å². The number of aromatic nitrogens is 4. The molecule has 0 unspecified atom stereocenters. The number of aliphatic hydroxyl groups excluding tert-OH is 1. The molecule has 0 bridgehead atoms. The molecule has 0 aliphatic heterocycles. The van der Waals surface area contributed by atoms with Crippen LogP contribution in [0.3, 0.4) is 0 Å². The molecule has 0 spiro atoms. The Bertz CT molecular complexity index is 765. The zero-order chi connectivity index (χ0) is 16.3. The van der Waals surface area contributed by atoms with Gasteiger partial charge in [-0.15, -0.1) is 0 Å².